The molecule has 0 aromatic carbocycles. The highest BCUT2D eigenvalue weighted by Crippen LogP contribution is 2.33. The van der Waals surface area contributed by atoms with Gasteiger partial charge in [0.1, 0.15) is 17.7 Å². The average Bonchev–Trinajstić information content (AvgIpc) is 3.55. The number of alkyl halides is 3. The van der Waals surface area contributed by atoms with Crippen molar-refractivity contribution >= 4 is 28.7 Å². The van der Waals surface area contributed by atoms with E-state index in [0.717, 1.165) is 10.6 Å². The van der Waals surface area contributed by atoms with Gasteiger partial charge in [0.25, 0.3) is 5.56 Å². The number of nitrogens with one attached hydrogen (secondary N) is 2. The van der Waals surface area contributed by atoms with Gasteiger partial charge in [0.05, 0.1) is 18.4 Å². The van der Waals surface area contributed by atoms with Gasteiger partial charge < -0.3 is 9.88 Å². The summed E-state index contributed by atoms with van der Waals surface area (Å²) in [6, 6.07) is 1.24. The highest BCUT2D eigenvalue weighted by Gasteiger charge is 2.33. The quantitative estimate of drug-likeness (QED) is 0.349. The number of imidazole rings is 1. The van der Waals surface area contributed by atoms with Crippen molar-refractivity contribution in [3.8, 4) is 11.4 Å². The molecule has 1 aliphatic heterocycles. The molecule has 17 heteroatoms. The molecule has 4 aromatic rings. The first-order chi connectivity index (χ1) is 19.3. The van der Waals surface area contributed by atoms with Crippen molar-refractivity contribution in [2.24, 2.45) is 12.0 Å². The minimum absolute atomic E-state index is 0.00361. The van der Waals surface area contributed by atoms with Gasteiger partial charge in [-0.2, -0.15) is 13.2 Å². The van der Waals surface area contributed by atoms with Crippen LogP contribution in [-0.2, 0) is 29.4 Å². The average molecular weight is 573 g/mol. The number of hydrogen-bond donors (Lipinski definition) is 2. The summed E-state index contributed by atoms with van der Waals surface area (Å²) in [5.41, 5.74) is 0.190. The third-order valence-corrected chi connectivity index (χ3v) is 6.40. The van der Waals surface area contributed by atoms with Gasteiger partial charge in [0, 0.05) is 30.7 Å². The molecule has 0 fully saturated rings. The molecule has 0 radical (unpaired) electrons. The molecule has 4 aromatic heterocycles. The lowest BCUT2D eigenvalue weighted by molar-refractivity contribution is -0.138. The van der Waals surface area contributed by atoms with Crippen LogP contribution in [0.15, 0.2) is 45.4 Å². The monoisotopic (exact) mass is 572 g/mol. The van der Waals surface area contributed by atoms with Gasteiger partial charge >= 0.3 is 11.9 Å². The lowest BCUT2D eigenvalue weighted by Gasteiger charge is -2.15. The van der Waals surface area contributed by atoms with E-state index in [1.807, 2.05) is 0 Å². The zero-order valence-corrected chi connectivity index (χ0v) is 22.1. The SMILES string of the molecule is Cc1ncc(-c2nccc(NC(=O)[C@H](C)n3cnc4c3c(=O)n(CC3=NC(C)ON3)c(=O)n4C)n2)cc1C(F)(F)F. The molecule has 1 aliphatic rings. The van der Waals surface area contributed by atoms with Crippen LogP contribution in [0.2, 0.25) is 0 Å². The number of hydroxylamine groups is 1. The van der Waals surface area contributed by atoms with Crippen molar-refractivity contribution in [3.05, 3.63) is 62.9 Å². The lowest BCUT2D eigenvalue weighted by Crippen LogP contribution is -2.43. The summed E-state index contributed by atoms with van der Waals surface area (Å²) in [6.07, 6.45) is -1.35. The predicted molar refractivity (Wildman–Crippen MR) is 139 cm³/mol. The molecule has 1 amide bonds. The number of amides is 1. The number of amidine groups is 1. The number of hydrogen-bond acceptors (Lipinski definition) is 10. The van der Waals surface area contributed by atoms with Gasteiger partial charge in [-0.05, 0) is 32.9 Å². The third kappa shape index (κ3) is 5.18. The molecular weight excluding hydrogens is 549 g/mol. The number of aromatic nitrogens is 7. The molecule has 1 unspecified atom stereocenters. The number of halogens is 3. The molecule has 14 nitrogen and oxygen atoms in total. The number of rotatable bonds is 6. The standard InChI is InChI=1S/C24H23F3N10O4/c1-11-15(24(25,26)27)7-14(8-29-11)19-28-6-5-16(32-19)33-21(38)12(2)37-10-30-20-18(37)22(39)36(23(40)35(20)4)9-17-31-13(3)41-34-17/h5-8,10,12-13H,9H2,1-4H3,(H,31,34)(H,28,32,33,38)/t12-,13?/m0/s1. The Kier molecular flexibility index (Phi) is 6.90. The fraction of sp³-hybridized carbons (Fsp3) is 0.333. The number of aryl methyl sites for hydroxylation is 2. The molecule has 0 saturated heterocycles. The smallest absolute Gasteiger partial charge is 0.312 e. The molecule has 5 rings (SSSR count). The van der Waals surface area contributed by atoms with Crippen molar-refractivity contribution < 1.29 is 22.8 Å². The van der Waals surface area contributed by atoms with E-state index in [2.05, 4.69) is 35.7 Å². The van der Waals surface area contributed by atoms with E-state index in [4.69, 9.17) is 4.84 Å². The van der Waals surface area contributed by atoms with E-state index in [1.165, 1.54) is 54.8 Å². The van der Waals surface area contributed by atoms with Crippen molar-refractivity contribution in [2.45, 2.75) is 45.8 Å². The van der Waals surface area contributed by atoms with Crippen molar-refractivity contribution in [3.63, 3.8) is 0 Å². The Hall–Kier alpha value is -4.93. The Morgan fingerprint density at radius 1 is 1.24 bits per heavy atom. The van der Waals surface area contributed by atoms with Crippen LogP contribution in [0.1, 0.15) is 31.1 Å². The maximum absolute atomic E-state index is 13.4. The summed E-state index contributed by atoms with van der Waals surface area (Å²) in [5, 5.41) is 2.58. The van der Waals surface area contributed by atoms with Crippen LogP contribution in [0.4, 0.5) is 19.0 Å². The first kappa shape index (κ1) is 27.6. The molecule has 0 saturated carbocycles. The van der Waals surface area contributed by atoms with Crippen molar-refractivity contribution in [1.82, 2.24) is 39.1 Å². The van der Waals surface area contributed by atoms with Gasteiger partial charge in [0.2, 0.25) is 5.91 Å². The van der Waals surface area contributed by atoms with Crippen LogP contribution in [-0.4, -0.2) is 51.6 Å². The summed E-state index contributed by atoms with van der Waals surface area (Å²) < 4.78 is 43.5. The fourth-order valence-corrected chi connectivity index (χ4v) is 4.24. The number of nitrogens with zero attached hydrogens (tertiary/aromatic N) is 8. The van der Waals surface area contributed by atoms with Crippen molar-refractivity contribution in [1.29, 1.82) is 0 Å². The van der Waals surface area contributed by atoms with E-state index < -0.39 is 41.2 Å². The zero-order chi connectivity index (χ0) is 29.6. The molecule has 0 aliphatic carbocycles. The maximum atomic E-state index is 13.4. The second-order valence-electron chi connectivity index (χ2n) is 9.24. The Balaban J connectivity index is 1.44. The Bertz CT molecular complexity index is 1830. The van der Waals surface area contributed by atoms with Gasteiger partial charge in [-0.3, -0.25) is 23.7 Å². The topological polar surface area (TPSA) is 163 Å². The molecule has 0 spiro atoms. The van der Waals surface area contributed by atoms with Gasteiger partial charge in [-0.1, -0.05) is 0 Å². The Morgan fingerprint density at radius 2 is 2.00 bits per heavy atom. The number of fused-ring (bicyclic) bond motifs is 1. The van der Waals surface area contributed by atoms with Gasteiger partial charge in [0.15, 0.2) is 23.2 Å². The molecule has 2 atom stereocenters. The highest BCUT2D eigenvalue weighted by molar-refractivity contribution is 5.93. The number of aliphatic imine (C=N–C) groups is 1. The minimum Gasteiger partial charge on any atom is -0.312 e. The molecule has 2 N–H and O–H groups in total. The van der Waals surface area contributed by atoms with Crippen LogP contribution in [0.3, 0.4) is 0 Å². The van der Waals surface area contributed by atoms with Crippen molar-refractivity contribution in [2.75, 3.05) is 5.32 Å². The number of anilines is 1. The normalized spacial score (nSPS) is 16.0. The first-order valence-corrected chi connectivity index (χ1v) is 12.2. The molecule has 214 valence electrons. The summed E-state index contributed by atoms with van der Waals surface area (Å²) in [4.78, 5) is 64.9. The van der Waals surface area contributed by atoms with Crippen LogP contribution in [0.25, 0.3) is 22.6 Å². The van der Waals surface area contributed by atoms with Crippen LogP contribution in [0, 0.1) is 6.92 Å². The minimum atomic E-state index is -4.61. The molecular formula is C24H23F3N10O4. The number of carbonyl (C=O) groups excluding carboxylic acids is 1. The van der Waals surface area contributed by atoms with E-state index in [0.29, 0.717) is 0 Å². The molecule has 0 bridgehead atoms. The van der Waals surface area contributed by atoms with E-state index in [-0.39, 0.29) is 46.4 Å². The second kappa shape index (κ2) is 10.2. The highest BCUT2D eigenvalue weighted by atomic mass is 19.4. The zero-order valence-electron chi connectivity index (χ0n) is 22.1. The Morgan fingerprint density at radius 3 is 2.68 bits per heavy atom. The Labute approximate surface area is 228 Å². The van der Waals surface area contributed by atoms with E-state index >= 15 is 0 Å². The largest absolute Gasteiger partial charge is 0.418 e. The molecule has 5 heterocycles. The fourth-order valence-electron chi connectivity index (χ4n) is 4.24. The predicted octanol–water partition coefficient (Wildman–Crippen LogP) is 1.55. The summed E-state index contributed by atoms with van der Waals surface area (Å²) >= 11 is 0. The van der Waals surface area contributed by atoms with Crippen LogP contribution < -0.4 is 22.0 Å². The van der Waals surface area contributed by atoms with Crippen LogP contribution >= 0.6 is 0 Å². The maximum Gasteiger partial charge on any atom is 0.418 e. The first-order valence-electron chi connectivity index (χ1n) is 12.2. The number of pyridine rings is 1. The van der Waals surface area contributed by atoms with Gasteiger partial charge in [-0.15, -0.1) is 0 Å². The summed E-state index contributed by atoms with van der Waals surface area (Å²) in [6.45, 7) is 4.24. The van der Waals surface area contributed by atoms with E-state index in [1.54, 1.807) is 6.92 Å². The second-order valence-corrected chi connectivity index (χ2v) is 9.24. The van der Waals surface area contributed by atoms with E-state index in [9.17, 15) is 27.6 Å². The summed E-state index contributed by atoms with van der Waals surface area (Å²) in [5.74, 6) is -0.412. The van der Waals surface area contributed by atoms with Gasteiger partial charge in [-0.25, -0.2) is 35.1 Å². The lowest BCUT2D eigenvalue weighted by atomic mass is 10.1. The number of carbonyl (C=O) groups is 1. The van der Waals surface area contributed by atoms with Crippen LogP contribution in [0.5, 0.6) is 0 Å². The summed E-state index contributed by atoms with van der Waals surface area (Å²) in [7, 11) is 1.44. The third-order valence-electron chi connectivity index (χ3n) is 6.40. The molecule has 41 heavy (non-hydrogen) atoms.